The lowest BCUT2D eigenvalue weighted by atomic mass is 10.3. The number of aromatic amines is 1. The fourth-order valence-corrected chi connectivity index (χ4v) is 2.37. The van der Waals surface area contributed by atoms with Crippen LogP contribution in [0.2, 0.25) is 19.6 Å². The molecule has 1 aromatic heterocycles. The Kier molecular flexibility index (Phi) is 3.67. The zero-order valence-corrected chi connectivity index (χ0v) is 12.0. The second kappa shape index (κ2) is 5.22. The fourth-order valence-electron chi connectivity index (χ4n) is 1.52. The number of aliphatic imine (C=N–C) groups is 1. The van der Waals surface area contributed by atoms with E-state index in [2.05, 4.69) is 29.6 Å². The quantitative estimate of drug-likeness (QED) is 0.653. The lowest BCUT2D eigenvalue weighted by Crippen LogP contribution is -2.29. The maximum Gasteiger partial charge on any atom is 0.242 e. The first-order chi connectivity index (χ1) is 8.53. The number of benzene rings is 1. The zero-order valence-electron chi connectivity index (χ0n) is 11.0. The van der Waals surface area contributed by atoms with Crippen molar-refractivity contribution in [1.82, 2.24) is 4.98 Å². The molecule has 2 aromatic rings. The normalized spacial score (nSPS) is 11.9. The highest BCUT2D eigenvalue weighted by Gasteiger charge is 2.15. The molecule has 1 heterocycles. The standard InChI is InChI=1S/C14H18N2OSi/c1-18(2,3)17-14-8-6-12(7-9-14)16-11-13-5-4-10-15-13/h4-11,15H,1-3H3. The summed E-state index contributed by atoms with van der Waals surface area (Å²) in [5.41, 5.74) is 1.92. The highest BCUT2D eigenvalue weighted by molar-refractivity contribution is 6.70. The third kappa shape index (κ3) is 3.89. The predicted molar refractivity (Wildman–Crippen MR) is 78.5 cm³/mol. The van der Waals surface area contributed by atoms with Crippen LogP contribution < -0.4 is 4.43 Å². The van der Waals surface area contributed by atoms with Gasteiger partial charge in [0, 0.05) is 6.20 Å². The fraction of sp³-hybridized carbons (Fsp3) is 0.214. The SMILES string of the molecule is C[Si](C)(C)Oc1ccc(N=Cc2ccc[nH]2)cc1. The van der Waals surface area contributed by atoms with Crippen LogP contribution in [-0.4, -0.2) is 19.5 Å². The summed E-state index contributed by atoms with van der Waals surface area (Å²) in [5.74, 6) is 0.924. The van der Waals surface area contributed by atoms with Crippen LogP contribution in [0, 0.1) is 0 Å². The molecule has 0 amide bonds. The highest BCUT2D eigenvalue weighted by Crippen LogP contribution is 2.20. The molecule has 0 atom stereocenters. The van der Waals surface area contributed by atoms with Gasteiger partial charge in [0.1, 0.15) is 5.75 Å². The first-order valence-electron chi connectivity index (χ1n) is 5.99. The summed E-state index contributed by atoms with van der Waals surface area (Å²) in [4.78, 5) is 7.47. The highest BCUT2D eigenvalue weighted by atomic mass is 28.4. The van der Waals surface area contributed by atoms with Gasteiger partial charge in [-0.1, -0.05) is 0 Å². The molecule has 0 unspecified atom stereocenters. The number of rotatable bonds is 4. The van der Waals surface area contributed by atoms with Crippen LogP contribution in [0.5, 0.6) is 5.75 Å². The van der Waals surface area contributed by atoms with Crippen LogP contribution in [0.15, 0.2) is 47.6 Å². The maximum atomic E-state index is 5.89. The van der Waals surface area contributed by atoms with E-state index >= 15 is 0 Å². The van der Waals surface area contributed by atoms with Crippen molar-refractivity contribution in [2.45, 2.75) is 19.6 Å². The summed E-state index contributed by atoms with van der Waals surface area (Å²) in [6, 6.07) is 11.8. The van der Waals surface area contributed by atoms with Crippen molar-refractivity contribution < 1.29 is 4.43 Å². The van der Waals surface area contributed by atoms with Gasteiger partial charge in [-0.25, -0.2) is 0 Å². The van der Waals surface area contributed by atoms with Gasteiger partial charge in [0.05, 0.1) is 17.6 Å². The molecule has 3 nitrogen and oxygen atoms in total. The van der Waals surface area contributed by atoms with E-state index in [1.165, 1.54) is 0 Å². The molecule has 4 heteroatoms. The van der Waals surface area contributed by atoms with Gasteiger partial charge < -0.3 is 9.41 Å². The molecule has 0 spiro atoms. The van der Waals surface area contributed by atoms with E-state index < -0.39 is 8.32 Å². The van der Waals surface area contributed by atoms with E-state index in [0.29, 0.717) is 0 Å². The van der Waals surface area contributed by atoms with Crippen molar-refractivity contribution in [3.05, 3.63) is 48.3 Å². The van der Waals surface area contributed by atoms with Crippen molar-refractivity contribution in [2.75, 3.05) is 0 Å². The van der Waals surface area contributed by atoms with Gasteiger partial charge in [-0.3, -0.25) is 4.99 Å². The van der Waals surface area contributed by atoms with Crippen LogP contribution in [0.4, 0.5) is 5.69 Å². The molecule has 0 bridgehead atoms. The summed E-state index contributed by atoms with van der Waals surface area (Å²) in [7, 11) is -1.52. The monoisotopic (exact) mass is 258 g/mol. The minimum atomic E-state index is -1.52. The lowest BCUT2D eigenvalue weighted by Gasteiger charge is -2.18. The zero-order chi connectivity index (χ0) is 13.0. The molecule has 0 fully saturated rings. The van der Waals surface area contributed by atoms with Crippen LogP contribution in [0.3, 0.4) is 0 Å². The van der Waals surface area contributed by atoms with Gasteiger partial charge in [0.2, 0.25) is 8.32 Å². The molecule has 0 aliphatic heterocycles. The minimum Gasteiger partial charge on any atom is -0.544 e. The summed E-state index contributed by atoms with van der Waals surface area (Å²) in [6.07, 6.45) is 3.70. The Labute approximate surface area is 109 Å². The molecule has 0 aliphatic carbocycles. The molecule has 18 heavy (non-hydrogen) atoms. The van der Waals surface area contributed by atoms with Gasteiger partial charge in [-0.15, -0.1) is 0 Å². The maximum absolute atomic E-state index is 5.89. The molecule has 1 aromatic carbocycles. The second-order valence-electron chi connectivity index (χ2n) is 5.09. The van der Waals surface area contributed by atoms with Crippen molar-refractivity contribution in [2.24, 2.45) is 4.99 Å². The Balaban J connectivity index is 2.04. The smallest absolute Gasteiger partial charge is 0.242 e. The Morgan fingerprint density at radius 3 is 2.39 bits per heavy atom. The number of H-pyrrole nitrogens is 1. The molecule has 1 N–H and O–H groups in total. The van der Waals surface area contributed by atoms with Gasteiger partial charge in [-0.2, -0.15) is 0 Å². The van der Waals surface area contributed by atoms with Crippen molar-refractivity contribution >= 4 is 20.2 Å². The second-order valence-corrected chi connectivity index (χ2v) is 9.52. The van der Waals surface area contributed by atoms with E-state index in [0.717, 1.165) is 17.1 Å². The van der Waals surface area contributed by atoms with Gasteiger partial charge in [0.15, 0.2) is 0 Å². The third-order valence-corrected chi connectivity index (χ3v) is 3.08. The Morgan fingerprint density at radius 2 is 1.83 bits per heavy atom. The lowest BCUT2D eigenvalue weighted by molar-refractivity contribution is 0.558. The molecule has 2 rings (SSSR count). The predicted octanol–water partition coefficient (Wildman–Crippen LogP) is 3.98. The summed E-state index contributed by atoms with van der Waals surface area (Å²) < 4.78 is 5.89. The van der Waals surface area contributed by atoms with Crippen molar-refractivity contribution in [3.8, 4) is 5.75 Å². The van der Waals surface area contributed by atoms with Crippen LogP contribution in [0.1, 0.15) is 5.69 Å². The summed E-state index contributed by atoms with van der Waals surface area (Å²) in [5, 5.41) is 0. The molecule has 94 valence electrons. The summed E-state index contributed by atoms with van der Waals surface area (Å²) in [6.45, 7) is 6.51. The van der Waals surface area contributed by atoms with Crippen molar-refractivity contribution in [1.29, 1.82) is 0 Å². The Bertz CT molecular complexity index is 510. The van der Waals surface area contributed by atoms with E-state index in [4.69, 9.17) is 4.43 Å². The van der Waals surface area contributed by atoms with E-state index in [1.54, 1.807) is 0 Å². The van der Waals surface area contributed by atoms with Crippen LogP contribution in [0.25, 0.3) is 0 Å². The average molecular weight is 258 g/mol. The van der Waals surface area contributed by atoms with E-state index in [1.807, 2.05) is 48.8 Å². The number of hydrogen-bond donors (Lipinski definition) is 1. The first kappa shape index (κ1) is 12.6. The van der Waals surface area contributed by atoms with Crippen LogP contribution >= 0.6 is 0 Å². The molecular weight excluding hydrogens is 240 g/mol. The largest absolute Gasteiger partial charge is 0.544 e. The average Bonchev–Trinajstić information content (AvgIpc) is 2.79. The molecule has 0 saturated carbocycles. The Hall–Kier alpha value is -1.81. The minimum absolute atomic E-state index is 0.924. The molecule has 0 aliphatic rings. The number of hydrogen-bond acceptors (Lipinski definition) is 2. The topological polar surface area (TPSA) is 37.4 Å². The van der Waals surface area contributed by atoms with Gasteiger partial charge in [-0.05, 0) is 56.0 Å². The molecular formula is C14H18N2OSi. The van der Waals surface area contributed by atoms with E-state index in [9.17, 15) is 0 Å². The van der Waals surface area contributed by atoms with Gasteiger partial charge >= 0.3 is 0 Å². The number of nitrogens with one attached hydrogen (secondary N) is 1. The third-order valence-electron chi connectivity index (χ3n) is 2.24. The van der Waals surface area contributed by atoms with Gasteiger partial charge in [0.25, 0.3) is 0 Å². The Morgan fingerprint density at radius 1 is 1.11 bits per heavy atom. The first-order valence-corrected chi connectivity index (χ1v) is 9.40. The van der Waals surface area contributed by atoms with Crippen molar-refractivity contribution in [3.63, 3.8) is 0 Å². The number of nitrogens with zero attached hydrogens (tertiary/aromatic N) is 1. The summed E-state index contributed by atoms with van der Waals surface area (Å²) >= 11 is 0. The van der Waals surface area contributed by atoms with E-state index in [-0.39, 0.29) is 0 Å². The molecule has 0 radical (unpaired) electrons. The number of aromatic nitrogens is 1. The van der Waals surface area contributed by atoms with Crippen LogP contribution in [-0.2, 0) is 0 Å². The molecule has 0 saturated heterocycles.